The molecule has 1 aromatic heterocycles. The lowest BCUT2D eigenvalue weighted by molar-refractivity contribution is 0.0554. The average Bonchev–Trinajstić information content (AvgIpc) is 2.62. The van der Waals surface area contributed by atoms with Gasteiger partial charge in [-0.2, -0.15) is 4.98 Å². The molecule has 2 rings (SSSR count). The molecular formula is C8H11N3O2. The molecule has 0 amide bonds. The van der Waals surface area contributed by atoms with Gasteiger partial charge in [-0.3, -0.25) is 4.79 Å². The van der Waals surface area contributed by atoms with Gasteiger partial charge in [-0.15, -0.1) is 0 Å². The summed E-state index contributed by atoms with van der Waals surface area (Å²) in [4.78, 5) is 14.5. The van der Waals surface area contributed by atoms with E-state index in [1.807, 2.05) is 0 Å². The van der Waals surface area contributed by atoms with Gasteiger partial charge in [0.25, 0.3) is 5.56 Å². The molecule has 1 aliphatic rings. The summed E-state index contributed by atoms with van der Waals surface area (Å²) in [6.45, 7) is 0.761. The fourth-order valence-corrected chi connectivity index (χ4v) is 1.40. The van der Waals surface area contributed by atoms with Crippen LogP contribution in [0.5, 0.6) is 0 Å². The van der Waals surface area contributed by atoms with Crippen molar-refractivity contribution in [2.45, 2.75) is 19.1 Å². The van der Waals surface area contributed by atoms with Crippen LogP contribution < -0.4 is 11.3 Å². The lowest BCUT2D eigenvalue weighted by atomic mass is 10.3. The summed E-state index contributed by atoms with van der Waals surface area (Å²) >= 11 is 0. The zero-order valence-electron chi connectivity index (χ0n) is 7.14. The molecule has 1 aromatic rings. The maximum Gasteiger partial charge on any atom is 0.295 e. The Kier molecular flexibility index (Phi) is 2.02. The topological polar surface area (TPSA) is 70.1 Å². The Morgan fingerprint density at radius 3 is 3.15 bits per heavy atom. The van der Waals surface area contributed by atoms with Crippen LogP contribution in [0.2, 0.25) is 0 Å². The summed E-state index contributed by atoms with van der Waals surface area (Å²) in [5, 5.41) is 0. The van der Waals surface area contributed by atoms with Crippen LogP contribution in [0.4, 0.5) is 5.69 Å². The summed E-state index contributed by atoms with van der Waals surface area (Å²) in [7, 11) is 0. The summed E-state index contributed by atoms with van der Waals surface area (Å²) < 4.78 is 7.14. The maximum absolute atomic E-state index is 10.9. The number of nitrogen functional groups attached to an aromatic ring is 1. The molecule has 2 heterocycles. The van der Waals surface area contributed by atoms with E-state index < -0.39 is 0 Å². The van der Waals surface area contributed by atoms with Gasteiger partial charge < -0.3 is 15.0 Å². The summed E-state index contributed by atoms with van der Waals surface area (Å²) in [6, 6.07) is 0. The standard InChI is InChI=1S/C8H11N3O2/c9-6-4-11(5-10-8(6)12)7-2-1-3-13-7/h4-5,7H,1-3,9H2. The molecule has 0 saturated carbocycles. The number of rotatable bonds is 1. The zero-order chi connectivity index (χ0) is 9.26. The summed E-state index contributed by atoms with van der Waals surface area (Å²) in [5.41, 5.74) is 5.22. The fourth-order valence-electron chi connectivity index (χ4n) is 1.40. The highest BCUT2D eigenvalue weighted by molar-refractivity contribution is 5.30. The second-order valence-electron chi connectivity index (χ2n) is 3.05. The molecule has 13 heavy (non-hydrogen) atoms. The Morgan fingerprint density at radius 2 is 2.54 bits per heavy atom. The van der Waals surface area contributed by atoms with Crippen molar-refractivity contribution in [3.8, 4) is 0 Å². The van der Waals surface area contributed by atoms with Crippen molar-refractivity contribution in [3.05, 3.63) is 22.9 Å². The first kappa shape index (κ1) is 8.25. The predicted molar refractivity (Wildman–Crippen MR) is 47.1 cm³/mol. The molecule has 1 saturated heterocycles. The van der Waals surface area contributed by atoms with E-state index in [0.717, 1.165) is 19.4 Å². The quantitative estimate of drug-likeness (QED) is 0.668. The molecule has 5 nitrogen and oxygen atoms in total. The van der Waals surface area contributed by atoms with Gasteiger partial charge in [0.2, 0.25) is 0 Å². The van der Waals surface area contributed by atoms with Crippen molar-refractivity contribution in [2.75, 3.05) is 12.3 Å². The van der Waals surface area contributed by atoms with Gasteiger partial charge >= 0.3 is 0 Å². The number of hydrogen-bond acceptors (Lipinski definition) is 4. The average molecular weight is 181 g/mol. The number of ether oxygens (including phenoxy) is 1. The monoisotopic (exact) mass is 181 g/mol. The second kappa shape index (κ2) is 3.18. The third-order valence-corrected chi connectivity index (χ3v) is 2.08. The van der Waals surface area contributed by atoms with Gasteiger partial charge in [0.15, 0.2) is 0 Å². The van der Waals surface area contributed by atoms with Gasteiger partial charge in [0, 0.05) is 12.8 Å². The highest BCUT2D eigenvalue weighted by Gasteiger charge is 2.16. The molecule has 1 unspecified atom stereocenters. The molecule has 0 spiro atoms. The maximum atomic E-state index is 10.9. The van der Waals surface area contributed by atoms with Gasteiger partial charge in [-0.1, -0.05) is 0 Å². The summed E-state index contributed by atoms with van der Waals surface area (Å²) in [6.07, 6.45) is 5.02. The lowest BCUT2D eigenvalue weighted by Crippen LogP contribution is -2.17. The zero-order valence-corrected chi connectivity index (χ0v) is 7.14. The lowest BCUT2D eigenvalue weighted by Gasteiger charge is -2.12. The molecule has 0 radical (unpaired) electrons. The SMILES string of the molecule is Nc1cn(C2CCCO2)cnc1=O. The Labute approximate surface area is 75.1 Å². The Bertz CT molecular complexity index is 355. The minimum Gasteiger partial charge on any atom is -0.393 e. The number of nitrogens with zero attached hydrogens (tertiary/aromatic N) is 2. The molecular weight excluding hydrogens is 170 g/mol. The van der Waals surface area contributed by atoms with Crippen LogP contribution in [0, 0.1) is 0 Å². The highest BCUT2D eigenvalue weighted by Crippen LogP contribution is 2.21. The van der Waals surface area contributed by atoms with Crippen molar-refractivity contribution in [2.24, 2.45) is 0 Å². The Hall–Kier alpha value is -1.36. The van der Waals surface area contributed by atoms with Crippen LogP contribution in [0.1, 0.15) is 19.1 Å². The summed E-state index contributed by atoms with van der Waals surface area (Å²) in [5.74, 6) is 0. The van der Waals surface area contributed by atoms with Crippen LogP contribution in [0.25, 0.3) is 0 Å². The van der Waals surface area contributed by atoms with Crippen molar-refractivity contribution >= 4 is 5.69 Å². The third kappa shape index (κ3) is 1.55. The van der Waals surface area contributed by atoms with E-state index >= 15 is 0 Å². The van der Waals surface area contributed by atoms with Gasteiger partial charge in [0.1, 0.15) is 18.2 Å². The normalized spacial score (nSPS) is 22.0. The van der Waals surface area contributed by atoms with Crippen LogP contribution in [-0.4, -0.2) is 16.2 Å². The third-order valence-electron chi connectivity index (χ3n) is 2.08. The largest absolute Gasteiger partial charge is 0.393 e. The van der Waals surface area contributed by atoms with Crippen molar-refractivity contribution < 1.29 is 4.74 Å². The molecule has 0 aliphatic carbocycles. The van der Waals surface area contributed by atoms with Crippen LogP contribution in [-0.2, 0) is 4.74 Å². The highest BCUT2D eigenvalue weighted by atomic mass is 16.5. The molecule has 0 aromatic carbocycles. The first-order valence-electron chi connectivity index (χ1n) is 4.22. The van der Waals surface area contributed by atoms with Gasteiger partial charge in [0.05, 0.1) is 0 Å². The van der Waals surface area contributed by atoms with E-state index in [1.54, 1.807) is 10.8 Å². The van der Waals surface area contributed by atoms with Crippen LogP contribution in [0.3, 0.4) is 0 Å². The number of hydrogen-bond donors (Lipinski definition) is 1. The number of aromatic nitrogens is 2. The number of anilines is 1. The minimum absolute atomic E-state index is 0.00426. The predicted octanol–water partition coefficient (Wildman–Crippen LogP) is 0.135. The minimum atomic E-state index is -0.380. The van der Waals surface area contributed by atoms with E-state index in [9.17, 15) is 4.79 Å². The van der Waals surface area contributed by atoms with Crippen molar-refractivity contribution in [3.63, 3.8) is 0 Å². The molecule has 5 heteroatoms. The Morgan fingerprint density at radius 1 is 1.69 bits per heavy atom. The number of nitrogens with two attached hydrogens (primary N) is 1. The first-order valence-corrected chi connectivity index (χ1v) is 4.22. The first-order chi connectivity index (χ1) is 6.27. The van der Waals surface area contributed by atoms with Gasteiger partial charge in [-0.05, 0) is 12.8 Å². The van der Waals surface area contributed by atoms with Crippen molar-refractivity contribution in [1.29, 1.82) is 0 Å². The van der Waals surface area contributed by atoms with E-state index in [1.165, 1.54) is 6.33 Å². The molecule has 70 valence electrons. The second-order valence-corrected chi connectivity index (χ2v) is 3.05. The van der Waals surface area contributed by atoms with Gasteiger partial charge in [-0.25, -0.2) is 0 Å². The molecule has 2 N–H and O–H groups in total. The fraction of sp³-hybridized carbons (Fsp3) is 0.500. The van der Waals surface area contributed by atoms with Crippen molar-refractivity contribution in [1.82, 2.24) is 9.55 Å². The van der Waals surface area contributed by atoms with E-state index in [4.69, 9.17) is 10.5 Å². The Balaban J connectivity index is 2.30. The molecule has 1 aliphatic heterocycles. The van der Waals surface area contributed by atoms with Crippen LogP contribution >= 0.6 is 0 Å². The van der Waals surface area contributed by atoms with Crippen LogP contribution in [0.15, 0.2) is 17.3 Å². The molecule has 0 bridgehead atoms. The molecule has 1 fully saturated rings. The smallest absolute Gasteiger partial charge is 0.295 e. The van der Waals surface area contributed by atoms with E-state index in [-0.39, 0.29) is 17.5 Å². The molecule has 1 atom stereocenters. The van der Waals surface area contributed by atoms with E-state index in [2.05, 4.69) is 4.98 Å². The van der Waals surface area contributed by atoms with E-state index in [0.29, 0.717) is 0 Å².